The fourth-order valence-electron chi connectivity index (χ4n) is 1.64. The van der Waals surface area contributed by atoms with Gasteiger partial charge in [-0.25, -0.2) is 0 Å². The summed E-state index contributed by atoms with van der Waals surface area (Å²) in [7, 11) is 1.61. The van der Waals surface area contributed by atoms with E-state index >= 15 is 0 Å². The van der Waals surface area contributed by atoms with Crippen LogP contribution in [0.5, 0.6) is 5.75 Å². The molecule has 1 aromatic carbocycles. The van der Waals surface area contributed by atoms with Crippen LogP contribution in [0.25, 0.3) is 0 Å². The second kappa shape index (κ2) is 4.34. The monoisotopic (exact) mass is 208 g/mol. The van der Waals surface area contributed by atoms with Gasteiger partial charge < -0.3 is 9.84 Å². The van der Waals surface area contributed by atoms with Crippen molar-refractivity contribution in [3.05, 3.63) is 28.8 Å². The van der Waals surface area contributed by atoms with Crippen LogP contribution >= 0.6 is 0 Å². The summed E-state index contributed by atoms with van der Waals surface area (Å²) >= 11 is 0. The van der Waals surface area contributed by atoms with Crippen LogP contribution in [0, 0.1) is 13.8 Å². The number of carbonyl (C=O) groups is 1. The lowest BCUT2D eigenvalue weighted by Gasteiger charge is -2.15. The van der Waals surface area contributed by atoms with E-state index in [0.29, 0.717) is 0 Å². The quantitative estimate of drug-likeness (QED) is 0.830. The maximum absolute atomic E-state index is 10.9. The summed E-state index contributed by atoms with van der Waals surface area (Å²) < 4.78 is 5.17. The molecule has 0 spiro atoms. The molecular formula is C12H16O3. The molecule has 0 fully saturated rings. The summed E-state index contributed by atoms with van der Waals surface area (Å²) in [6.45, 7) is 5.55. The van der Waals surface area contributed by atoms with Crippen molar-refractivity contribution in [2.75, 3.05) is 7.11 Å². The highest BCUT2D eigenvalue weighted by molar-refractivity contribution is 5.76. The number of carboxylic acids is 1. The lowest BCUT2D eigenvalue weighted by molar-refractivity contribution is -0.138. The molecule has 0 heterocycles. The van der Waals surface area contributed by atoms with Gasteiger partial charge in [0.1, 0.15) is 5.75 Å². The zero-order chi connectivity index (χ0) is 11.6. The number of rotatable bonds is 3. The van der Waals surface area contributed by atoms with E-state index in [4.69, 9.17) is 9.84 Å². The Morgan fingerprint density at radius 3 is 2.40 bits per heavy atom. The minimum absolute atomic E-state index is 0.477. The molecule has 0 radical (unpaired) electrons. The Kier molecular flexibility index (Phi) is 3.35. The van der Waals surface area contributed by atoms with E-state index in [1.165, 1.54) is 0 Å². The topological polar surface area (TPSA) is 46.5 Å². The molecule has 3 heteroatoms. The van der Waals surface area contributed by atoms with Crippen LogP contribution in [-0.4, -0.2) is 18.2 Å². The van der Waals surface area contributed by atoms with Crippen molar-refractivity contribution in [1.82, 2.24) is 0 Å². The Morgan fingerprint density at radius 2 is 1.93 bits per heavy atom. The zero-order valence-electron chi connectivity index (χ0n) is 9.50. The number of methoxy groups -OCH3 is 1. The summed E-state index contributed by atoms with van der Waals surface area (Å²) in [6.07, 6.45) is 0. The SMILES string of the molecule is COc1ccc(C(C)C(=O)O)c(C)c1C. The maximum Gasteiger partial charge on any atom is 0.310 e. The smallest absolute Gasteiger partial charge is 0.310 e. The Labute approximate surface area is 89.7 Å². The molecule has 15 heavy (non-hydrogen) atoms. The maximum atomic E-state index is 10.9. The predicted octanol–water partition coefficient (Wildman–Crippen LogP) is 2.50. The van der Waals surface area contributed by atoms with Gasteiger partial charge in [-0.1, -0.05) is 6.07 Å². The van der Waals surface area contributed by atoms with Crippen molar-refractivity contribution in [3.8, 4) is 5.75 Å². The molecular weight excluding hydrogens is 192 g/mol. The number of aliphatic carboxylic acids is 1. The lowest BCUT2D eigenvalue weighted by atomic mass is 9.93. The normalized spacial score (nSPS) is 12.3. The van der Waals surface area contributed by atoms with E-state index in [1.807, 2.05) is 26.0 Å². The van der Waals surface area contributed by atoms with Gasteiger partial charge in [-0.15, -0.1) is 0 Å². The van der Waals surface area contributed by atoms with Crippen LogP contribution in [0.1, 0.15) is 29.5 Å². The molecule has 1 N–H and O–H groups in total. The summed E-state index contributed by atoms with van der Waals surface area (Å²) in [5.41, 5.74) is 2.84. The van der Waals surface area contributed by atoms with Gasteiger partial charge in [0.15, 0.2) is 0 Å². The molecule has 82 valence electrons. The number of benzene rings is 1. The molecule has 0 amide bonds. The first-order chi connectivity index (χ1) is 6.99. The van der Waals surface area contributed by atoms with Crippen molar-refractivity contribution in [2.24, 2.45) is 0 Å². The first-order valence-corrected chi connectivity index (χ1v) is 4.86. The minimum atomic E-state index is -0.803. The van der Waals surface area contributed by atoms with Gasteiger partial charge in [0.2, 0.25) is 0 Å². The molecule has 1 rings (SSSR count). The second-order valence-corrected chi connectivity index (χ2v) is 3.67. The molecule has 0 saturated heterocycles. The van der Waals surface area contributed by atoms with Gasteiger partial charge >= 0.3 is 5.97 Å². The highest BCUT2D eigenvalue weighted by atomic mass is 16.5. The van der Waals surface area contributed by atoms with Gasteiger partial charge in [-0.05, 0) is 43.5 Å². The highest BCUT2D eigenvalue weighted by Gasteiger charge is 2.17. The number of carboxylic acid groups (broad SMARTS) is 1. The molecule has 1 aromatic rings. The minimum Gasteiger partial charge on any atom is -0.496 e. The van der Waals surface area contributed by atoms with E-state index in [2.05, 4.69) is 0 Å². The van der Waals surface area contributed by atoms with Crippen molar-refractivity contribution in [3.63, 3.8) is 0 Å². The second-order valence-electron chi connectivity index (χ2n) is 3.67. The summed E-state index contributed by atoms with van der Waals surface area (Å²) in [4.78, 5) is 10.9. The zero-order valence-corrected chi connectivity index (χ0v) is 9.50. The molecule has 0 aromatic heterocycles. The Bertz CT molecular complexity index is 383. The van der Waals surface area contributed by atoms with Crippen molar-refractivity contribution in [1.29, 1.82) is 0 Å². The van der Waals surface area contributed by atoms with Crippen LogP contribution in [0.15, 0.2) is 12.1 Å². The summed E-state index contributed by atoms with van der Waals surface area (Å²) in [5, 5.41) is 8.95. The number of ether oxygens (including phenoxy) is 1. The van der Waals surface area contributed by atoms with Gasteiger partial charge in [0.05, 0.1) is 13.0 Å². The Balaban J connectivity index is 3.23. The lowest BCUT2D eigenvalue weighted by Crippen LogP contribution is -2.09. The number of hydrogen-bond acceptors (Lipinski definition) is 2. The van der Waals surface area contributed by atoms with E-state index in [0.717, 1.165) is 22.4 Å². The van der Waals surface area contributed by atoms with Crippen LogP contribution < -0.4 is 4.74 Å². The molecule has 0 aliphatic rings. The van der Waals surface area contributed by atoms with E-state index in [1.54, 1.807) is 14.0 Å². The molecule has 1 atom stereocenters. The van der Waals surface area contributed by atoms with Crippen molar-refractivity contribution in [2.45, 2.75) is 26.7 Å². The van der Waals surface area contributed by atoms with Crippen LogP contribution in [0.4, 0.5) is 0 Å². The standard InChI is InChI=1S/C12H16O3/c1-7-8(2)11(15-4)6-5-10(7)9(3)12(13)14/h5-6,9H,1-4H3,(H,13,14). The first-order valence-electron chi connectivity index (χ1n) is 4.86. The Morgan fingerprint density at radius 1 is 1.33 bits per heavy atom. The molecule has 1 unspecified atom stereocenters. The third kappa shape index (κ3) is 2.12. The van der Waals surface area contributed by atoms with E-state index in [9.17, 15) is 4.79 Å². The molecule has 0 bridgehead atoms. The molecule has 3 nitrogen and oxygen atoms in total. The largest absolute Gasteiger partial charge is 0.496 e. The Hall–Kier alpha value is -1.51. The third-order valence-electron chi connectivity index (χ3n) is 2.84. The average Bonchev–Trinajstić information content (AvgIpc) is 2.21. The van der Waals surface area contributed by atoms with Crippen LogP contribution in [0.3, 0.4) is 0 Å². The van der Waals surface area contributed by atoms with Crippen LogP contribution in [0.2, 0.25) is 0 Å². The first kappa shape index (κ1) is 11.6. The molecule has 0 aliphatic heterocycles. The molecule has 0 aliphatic carbocycles. The summed E-state index contributed by atoms with van der Waals surface area (Å²) in [6, 6.07) is 3.64. The average molecular weight is 208 g/mol. The summed E-state index contributed by atoms with van der Waals surface area (Å²) in [5.74, 6) is -0.480. The van der Waals surface area contributed by atoms with Gasteiger partial charge in [-0.3, -0.25) is 4.79 Å². The van der Waals surface area contributed by atoms with Crippen LogP contribution in [-0.2, 0) is 4.79 Å². The van der Waals surface area contributed by atoms with Gasteiger partial charge in [-0.2, -0.15) is 0 Å². The van der Waals surface area contributed by atoms with E-state index < -0.39 is 11.9 Å². The van der Waals surface area contributed by atoms with Crippen molar-refractivity contribution < 1.29 is 14.6 Å². The fraction of sp³-hybridized carbons (Fsp3) is 0.417. The molecule has 0 saturated carbocycles. The fourth-order valence-corrected chi connectivity index (χ4v) is 1.64. The van der Waals surface area contributed by atoms with Gasteiger partial charge in [0, 0.05) is 0 Å². The number of hydrogen-bond donors (Lipinski definition) is 1. The highest BCUT2D eigenvalue weighted by Crippen LogP contribution is 2.28. The van der Waals surface area contributed by atoms with Crippen molar-refractivity contribution >= 4 is 5.97 Å². The van der Waals surface area contributed by atoms with Gasteiger partial charge in [0.25, 0.3) is 0 Å². The predicted molar refractivity (Wildman–Crippen MR) is 58.5 cm³/mol. The third-order valence-corrected chi connectivity index (χ3v) is 2.84. The van der Waals surface area contributed by atoms with E-state index in [-0.39, 0.29) is 0 Å².